The van der Waals surface area contributed by atoms with Crippen molar-refractivity contribution in [1.82, 2.24) is 10.3 Å². The highest BCUT2D eigenvalue weighted by Gasteiger charge is 2.17. The van der Waals surface area contributed by atoms with Gasteiger partial charge in [0, 0.05) is 39.1 Å². The van der Waals surface area contributed by atoms with Gasteiger partial charge in [0.2, 0.25) is 0 Å². The number of carbonyl (C=O) groups excluding carboxylic acids is 2. The Morgan fingerprint density at radius 2 is 1.86 bits per heavy atom. The SMILES string of the molecule is COCCNC(=O)c1cncc(C(=O)Nc2ccccc2N2CCOCC2)c1. The first-order chi connectivity index (χ1) is 13.7. The summed E-state index contributed by atoms with van der Waals surface area (Å²) in [5, 5.41) is 5.64. The minimum absolute atomic E-state index is 0.298. The van der Waals surface area contributed by atoms with E-state index in [9.17, 15) is 9.59 Å². The Morgan fingerprint density at radius 1 is 1.14 bits per heavy atom. The number of anilines is 2. The average Bonchev–Trinajstić information content (AvgIpc) is 2.75. The Balaban J connectivity index is 1.72. The van der Waals surface area contributed by atoms with Crippen molar-refractivity contribution in [2.45, 2.75) is 0 Å². The van der Waals surface area contributed by atoms with E-state index in [1.54, 1.807) is 7.11 Å². The summed E-state index contributed by atoms with van der Waals surface area (Å²) >= 11 is 0. The highest BCUT2D eigenvalue weighted by Crippen LogP contribution is 2.26. The number of rotatable bonds is 7. The van der Waals surface area contributed by atoms with Crippen molar-refractivity contribution >= 4 is 23.2 Å². The van der Waals surface area contributed by atoms with Gasteiger partial charge < -0.3 is 25.0 Å². The fraction of sp³-hybridized carbons (Fsp3) is 0.350. The first kappa shape index (κ1) is 19.8. The number of hydrogen-bond donors (Lipinski definition) is 2. The van der Waals surface area contributed by atoms with Gasteiger partial charge in [-0.1, -0.05) is 12.1 Å². The molecule has 1 fully saturated rings. The summed E-state index contributed by atoms with van der Waals surface area (Å²) in [4.78, 5) is 31.1. The minimum atomic E-state index is -0.320. The summed E-state index contributed by atoms with van der Waals surface area (Å²) in [5.74, 6) is -0.618. The van der Waals surface area contributed by atoms with Crippen molar-refractivity contribution in [2.75, 3.05) is 56.8 Å². The molecule has 1 aliphatic heterocycles. The molecule has 0 unspecified atom stereocenters. The summed E-state index contributed by atoms with van der Waals surface area (Å²) in [6.07, 6.45) is 2.87. The summed E-state index contributed by atoms with van der Waals surface area (Å²) in [5.41, 5.74) is 2.30. The maximum atomic E-state index is 12.7. The molecule has 0 spiro atoms. The van der Waals surface area contributed by atoms with E-state index in [2.05, 4.69) is 20.5 Å². The number of ether oxygens (including phenoxy) is 2. The Bertz CT molecular complexity index is 821. The third-order valence-electron chi connectivity index (χ3n) is 4.36. The summed E-state index contributed by atoms with van der Waals surface area (Å²) in [7, 11) is 1.56. The number of aromatic nitrogens is 1. The smallest absolute Gasteiger partial charge is 0.257 e. The van der Waals surface area contributed by atoms with Crippen LogP contribution in [0.5, 0.6) is 0 Å². The molecule has 3 rings (SSSR count). The number of pyridine rings is 1. The number of benzene rings is 1. The molecule has 0 aliphatic carbocycles. The van der Waals surface area contributed by atoms with Gasteiger partial charge in [-0.05, 0) is 18.2 Å². The number of methoxy groups -OCH3 is 1. The lowest BCUT2D eigenvalue weighted by atomic mass is 10.1. The third kappa shape index (κ3) is 5.05. The van der Waals surface area contributed by atoms with E-state index < -0.39 is 0 Å². The molecule has 8 nitrogen and oxygen atoms in total. The van der Waals surface area contributed by atoms with Crippen LogP contribution in [0.25, 0.3) is 0 Å². The second-order valence-electron chi connectivity index (χ2n) is 6.28. The van der Waals surface area contributed by atoms with E-state index in [1.165, 1.54) is 18.5 Å². The van der Waals surface area contributed by atoms with Crippen molar-refractivity contribution in [3.63, 3.8) is 0 Å². The zero-order valence-corrected chi connectivity index (χ0v) is 15.8. The molecule has 0 radical (unpaired) electrons. The van der Waals surface area contributed by atoms with Crippen LogP contribution in [0.1, 0.15) is 20.7 Å². The number of amides is 2. The van der Waals surface area contributed by atoms with Crippen LogP contribution >= 0.6 is 0 Å². The molecule has 8 heteroatoms. The zero-order valence-electron chi connectivity index (χ0n) is 15.8. The van der Waals surface area contributed by atoms with E-state index in [1.807, 2.05) is 24.3 Å². The van der Waals surface area contributed by atoms with Crippen LogP contribution in [0.3, 0.4) is 0 Å². The van der Waals surface area contributed by atoms with Crippen LogP contribution < -0.4 is 15.5 Å². The van der Waals surface area contributed by atoms with Gasteiger partial charge in [0.25, 0.3) is 11.8 Å². The van der Waals surface area contributed by atoms with Gasteiger partial charge in [-0.2, -0.15) is 0 Å². The van der Waals surface area contributed by atoms with Gasteiger partial charge in [0.1, 0.15) is 0 Å². The largest absolute Gasteiger partial charge is 0.383 e. The van der Waals surface area contributed by atoms with Gasteiger partial charge in [0.05, 0.1) is 42.3 Å². The molecule has 28 heavy (non-hydrogen) atoms. The lowest BCUT2D eigenvalue weighted by Gasteiger charge is -2.30. The Labute approximate surface area is 163 Å². The van der Waals surface area contributed by atoms with E-state index >= 15 is 0 Å². The molecule has 1 saturated heterocycles. The molecule has 2 heterocycles. The fourth-order valence-corrected chi connectivity index (χ4v) is 2.91. The van der Waals surface area contributed by atoms with Gasteiger partial charge in [0.15, 0.2) is 0 Å². The van der Waals surface area contributed by atoms with E-state index in [-0.39, 0.29) is 11.8 Å². The molecule has 2 N–H and O–H groups in total. The lowest BCUT2D eigenvalue weighted by molar-refractivity contribution is 0.0936. The van der Waals surface area contributed by atoms with Crippen LogP contribution in [0.15, 0.2) is 42.7 Å². The first-order valence-electron chi connectivity index (χ1n) is 9.14. The van der Waals surface area contributed by atoms with Gasteiger partial charge >= 0.3 is 0 Å². The topological polar surface area (TPSA) is 92.8 Å². The van der Waals surface area contributed by atoms with Crippen LogP contribution in [-0.2, 0) is 9.47 Å². The van der Waals surface area contributed by atoms with Crippen LogP contribution in [-0.4, -0.2) is 63.4 Å². The molecular formula is C20H24N4O4. The van der Waals surface area contributed by atoms with E-state index in [4.69, 9.17) is 9.47 Å². The number of nitrogens with one attached hydrogen (secondary N) is 2. The predicted molar refractivity (Wildman–Crippen MR) is 106 cm³/mol. The molecule has 2 aromatic rings. The average molecular weight is 384 g/mol. The lowest BCUT2D eigenvalue weighted by Crippen LogP contribution is -2.36. The Morgan fingerprint density at radius 3 is 2.61 bits per heavy atom. The Hall–Kier alpha value is -2.97. The third-order valence-corrected chi connectivity index (χ3v) is 4.36. The second kappa shape index (κ2) is 9.82. The molecule has 0 saturated carbocycles. The molecule has 1 aliphatic rings. The van der Waals surface area contributed by atoms with E-state index in [0.717, 1.165) is 18.8 Å². The number of para-hydroxylation sites is 2. The van der Waals surface area contributed by atoms with E-state index in [0.29, 0.717) is 43.2 Å². The van der Waals surface area contributed by atoms with Crippen LogP contribution in [0.2, 0.25) is 0 Å². The summed E-state index contributed by atoms with van der Waals surface area (Å²) in [6, 6.07) is 9.17. The molecule has 1 aromatic heterocycles. The normalized spacial score (nSPS) is 13.8. The predicted octanol–water partition coefficient (Wildman–Crippen LogP) is 1.55. The highest BCUT2D eigenvalue weighted by atomic mass is 16.5. The maximum absolute atomic E-state index is 12.7. The standard InChI is InChI=1S/C20H24N4O4/c1-27-9-6-22-19(25)15-12-16(14-21-13-15)20(26)23-17-4-2-3-5-18(17)24-7-10-28-11-8-24/h2-5,12-14H,6-11H2,1H3,(H,22,25)(H,23,26). The summed E-state index contributed by atoms with van der Waals surface area (Å²) < 4.78 is 10.3. The second-order valence-corrected chi connectivity index (χ2v) is 6.28. The first-order valence-corrected chi connectivity index (χ1v) is 9.14. The summed E-state index contributed by atoms with van der Waals surface area (Å²) in [6.45, 7) is 3.66. The molecule has 148 valence electrons. The van der Waals surface area contributed by atoms with Crippen molar-refractivity contribution in [3.05, 3.63) is 53.9 Å². The fourth-order valence-electron chi connectivity index (χ4n) is 2.91. The number of hydrogen-bond acceptors (Lipinski definition) is 6. The van der Waals surface area contributed by atoms with Crippen molar-refractivity contribution in [3.8, 4) is 0 Å². The van der Waals surface area contributed by atoms with Crippen LogP contribution in [0, 0.1) is 0 Å². The van der Waals surface area contributed by atoms with Gasteiger partial charge in [-0.25, -0.2) is 0 Å². The number of morpholine rings is 1. The van der Waals surface area contributed by atoms with Crippen molar-refractivity contribution in [2.24, 2.45) is 0 Å². The highest BCUT2D eigenvalue weighted by molar-refractivity contribution is 6.07. The molecule has 2 amide bonds. The van der Waals surface area contributed by atoms with Crippen LogP contribution in [0.4, 0.5) is 11.4 Å². The van der Waals surface area contributed by atoms with Crippen molar-refractivity contribution < 1.29 is 19.1 Å². The monoisotopic (exact) mass is 384 g/mol. The maximum Gasteiger partial charge on any atom is 0.257 e. The van der Waals surface area contributed by atoms with Gasteiger partial charge in [-0.3, -0.25) is 14.6 Å². The molecule has 0 atom stereocenters. The molecule has 0 bridgehead atoms. The van der Waals surface area contributed by atoms with Crippen molar-refractivity contribution in [1.29, 1.82) is 0 Å². The molecular weight excluding hydrogens is 360 g/mol. The number of carbonyl (C=O) groups is 2. The number of nitrogens with zero attached hydrogens (tertiary/aromatic N) is 2. The zero-order chi connectivity index (χ0) is 19.8. The Kier molecular flexibility index (Phi) is 6.94. The minimum Gasteiger partial charge on any atom is -0.383 e. The van der Waals surface area contributed by atoms with Gasteiger partial charge in [-0.15, -0.1) is 0 Å². The molecule has 1 aromatic carbocycles. The quantitative estimate of drug-likeness (QED) is 0.704.